The minimum Gasteiger partial charge on any atom is -0.494 e. The summed E-state index contributed by atoms with van der Waals surface area (Å²) < 4.78 is 5.45. The number of ether oxygens (including phenoxy) is 1. The molecule has 0 unspecified atom stereocenters. The zero-order chi connectivity index (χ0) is 18.5. The Labute approximate surface area is 157 Å². The molecule has 0 spiro atoms. The topological polar surface area (TPSA) is 71.5 Å². The molecule has 26 heavy (non-hydrogen) atoms. The number of aromatic nitrogens is 1. The molecule has 1 saturated heterocycles. The lowest BCUT2D eigenvalue weighted by atomic mass is 10.1. The van der Waals surface area contributed by atoms with Gasteiger partial charge in [-0.3, -0.25) is 9.59 Å². The van der Waals surface area contributed by atoms with Gasteiger partial charge in [-0.1, -0.05) is 6.92 Å². The summed E-state index contributed by atoms with van der Waals surface area (Å²) in [6, 6.07) is 7.40. The molecule has 1 fully saturated rings. The number of carbonyl (C=O) groups excluding carboxylic acids is 2. The van der Waals surface area contributed by atoms with E-state index in [1.807, 2.05) is 43.5 Å². The Kier molecular flexibility index (Phi) is 5.88. The van der Waals surface area contributed by atoms with Gasteiger partial charge in [-0.15, -0.1) is 11.3 Å². The van der Waals surface area contributed by atoms with Crippen LogP contribution in [0.2, 0.25) is 0 Å². The first-order valence-corrected chi connectivity index (χ1v) is 9.75. The van der Waals surface area contributed by atoms with Gasteiger partial charge in [-0.2, -0.15) is 0 Å². The molecule has 3 rings (SSSR count). The molecule has 0 radical (unpaired) electrons. The van der Waals surface area contributed by atoms with Crippen LogP contribution in [0.15, 0.2) is 29.6 Å². The van der Waals surface area contributed by atoms with Crippen molar-refractivity contribution in [3.63, 3.8) is 0 Å². The third-order valence-corrected chi connectivity index (χ3v) is 5.27. The Morgan fingerprint density at radius 2 is 2.12 bits per heavy atom. The number of amides is 2. The summed E-state index contributed by atoms with van der Waals surface area (Å²) in [4.78, 5) is 30.8. The quantitative estimate of drug-likeness (QED) is 0.844. The Morgan fingerprint density at radius 3 is 2.81 bits per heavy atom. The molecule has 138 valence electrons. The van der Waals surface area contributed by atoms with Gasteiger partial charge >= 0.3 is 0 Å². The van der Waals surface area contributed by atoms with Crippen LogP contribution in [0.3, 0.4) is 0 Å². The number of rotatable bonds is 6. The summed E-state index contributed by atoms with van der Waals surface area (Å²) in [5.41, 5.74) is 1.74. The standard InChI is InChI=1S/C19H23N3O3S/c1-3-16-18(24)20-9-10-22(16)17(23)11-14-12-26-19(21-14)13-5-7-15(8-6-13)25-4-2/h5-8,12,16H,3-4,9-11H2,1-2H3,(H,20,24)/t16-/m1/s1. The average molecular weight is 373 g/mol. The third-order valence-electron chi connectivity index (χ3n) is 4.33. The van der Waals surface area contributed by atoms with Crippen molar-refractivity contribution in [3.8, 4) is 16.3 Å². The normalized spacial score (nSPS) is 17.1. The molecule has 0 aliphatic carbocycles. The van der Waals surface area contributed by atoms with E-state index in [4.69, 9.17) is 4.74 Å². The van der Waals surface area contributed by atoms with E-state index in [-0.39, 0.29) is 24.3 Å². The molecule has 1 aromatic carbocycles. The smallest absolute Gasteiger partial charge is 0.242 e. The monoisotopic (exact) mass is 373 g/mol. The number of carbonyl (C=O) groups is 2. The van der Waals surface area contributed by atoms with Crippen LogP contribution in [-0.4, -0.2) is 47.4 Å². The van der Waals surface area contributed by atoms with E-state index in [0.29, 0.717) is 26.1 Å². The van der Waals surface area contributed by atoms with Crippen LogP contribution < -0.4 is 10.1 Å². The maximum Gasteiger partial charge on any atom is 0.242 e. The van der Waals surface area contributed by atoms with Gasteiger partial charge in [0.15, 0.2) is 0 Å². The Bertz CT molecular complexity index is 773. The lowest BCUT2D eigenvalue weighted by Crippen LogP contribution is -2.57. The van der Waals surface area contributed by atoms with Crippen LogP contribution in [0.5, 0.6) is 5.75 Å². The number of thiazole rings is 1. The minimum atomic E-state index is -0.375. The van der Waals surface area contributed by atoms with Crippen LogP contribution in [0, 0.1) is 0 Å². The maximum atomic E-state index is 12.6. The summed E-state index contributed by atoms with van der Waals surface area (Å²) in [5.74, 6) is 0.716. The third kappa shape index (κ3) is 4.04. The van der Waals surface area contributed by atoms with E-state index in [1.54, 1.807) is 4.90 Å². The molecule has 1 aliphatic heterocycles. The van der Waals surface area contributed by atoms with Crippen molar-refractivity contribution in [2.75, 3.05) is 19.7 Å². The van der Waals surface area contributed by atoms with Crippen molar-refractivity contribution in [2.24, 2.45) is 0 Å². The average Bonchev–Trinajstić information content (AvgIpc) is 3.11. The Balaban J connectivity index is 1.67. The lowest BCUT2D eigenvalue weighted by Gasteiger charge is -2.34. The van der Waals surface area contributed by atoms with E-state index in [0.717, 1.165) is 22.0 Å². The van der Waals surface area contributed by atoms with Gasteiger partial charge in [0.2, 0.25) is 11.8 Å². The molecule has 2 heterocycles. The number of piperazine rings is 1. The van der Waals surface area contributed by atoms with E-state index >= 15 is 0 Å². The Hall–Kier alpha value is -2.41. The molecular weight excluding hydrogens is 350 g/mol. The number of hydrogen-bond donors (Lipinski definition) is 1. The highest BCUT2D eigenvalue weighted by atomic mass is 32.1. The number of hydrogen-bond acceptors (Lipinski definition) is 5. The second-order valence-corrected chi connectivity index (χ2v) is 6.94. The van der Waals surface area contributed by atoms with Crippen molar-refractivity contribution in [1.29, 1.82) is 0 Å². The highest BCUT2D eigenvalue weighted by molar-refractivity contribution is 7.13. The molecule has 1 aliphatic rings. The van der Waals surface area contributed by atoms with Crippen LogP contribution in [0.1, 0.15) is 26.0 Å². The van der Waals surface area contributed by atoms with Gasteiger partial charge in [0.1, 0.15) is 16.8 Å². The number of nitrogens with zero attached hydrogens (tertiary/aromatic N) is 2. The molecule has 1 aromatic heterocycles. The molecule has 2 amide bonds. The fourth-order valence-corrected chi connectivity index (χ4v) is 3.88. The second-order valence-electron chi connectivity index (χ2n) is 6.08. The van der Waals surface area contributed by atoms with Crippen molar-refractivity contribution in [1.82, 2.24) is 15.2 Å². The number of nitrogens with one attached hydrogen (secondary N) is 1. The van der Waals surface area contributed by atoms with E-state index < -0.39 is 0 Å². The molecule has 0 bridgehead atoms. The van der Waals surface area contributed by atoms with Gasteiger partial charge < -0.3 is 15.0 Å². The van der Waals surface area contributed by atoms with E-state index in [9.17, 15) is 9.59 Å². The zero-order valence-electron chi connectivity index (χ0n) is 15.0. The highest BCUT2D eigenvalue weighted by Gasteiger charge is 2.31. The molecule has 1 atom stereocenters. The van der Waals surface area contributed by atoms with Crippen molar-refractivity contribution in [3.05, 3.63) is 35.3 Å². The van der Waals surface area contributed by atoms with Crippen LogP contribution >= 0.6 is 11.3 Å². The first kappa shape index (κ1) is 18.4. The zero-order valence-corrected chi connectivity index (χ0v) is 15.8. The largest absolute Gasteiger partial charge is 0.494 e. The summed E-state index contributed by atoms with van der Waals surface area (Å²) >= 11 is 1.52. The van der Waals surface area contributed by atoms with E-state index in [1.165, 1.54) is 11.3 Å². The first-order chi connectivity index (χ1) is 12.6. The van der Waals surface area contributed by atoms with Gasteiger partial charge in [-0.05, 0) is 37.6 Å². The van der Waals surface area contributed by atoms with Crippen LogP contribution in [0.25, 0.3) is 10.6 Å². The SMILES string of the molecule is CCOc1ccc(-c2nc(CC(=O)N3CCNC(=O)[C@H]3CC)cs2)cc1. The molecule has 2 aromatic rings. The van der Waals surface area contributed by atoms with Crippen molar-refractivity contribution >= 4 is 23.2 Å². The summed E-state index contributed by atoms with van der Waals surface area (Å²) in [7, 11) is 0. The fourth-order valence-electron chi connectivity index (χ4n) is 3.06. The molecule has 1 N–H and O–H groups in total. The van der Waals surface area contributed by atoms with Crippen LogP contribution in [-0.2, 0) is 16.0 Å². The highest BCUT2D eigenvalue weighted by Crippen LogP contribution is 2.26. The van der Waals surface area contributed by atoms with Gasteiger partial charge in [0, 0.05) is 24.0 Å². The van der Waals surface area contributed by atoms with E-state index in [2.05, 4.69) is 10.3 Å². The molecule has 7 heteroatoms. The van der Waals surface area contributed by atoms with Crippen molar-refractivity contribution in [2.45, 2.75) is 32.7 Å². The van der Waals surface area contributed by atoms with Crippen LogP contribution in [0.4, 0.5) is 0 Å². The summed E-state index contributed by atoms with van der Waals surface area (Å²) in [6.45, 7) is 5.57. The van der Waals surface area contributed by atoms with Gasteiger partial charge in [-0.25, -0.2) is 4.98 Å². The lowest BCUT2D eigenvalue weighted by molar-refractivity contribution is -0.142. The molecule has 0 saturated carbocycles. The van der Waals surface area contributed by atoms with Gasteiger partial charge in [0.05, 0.1) is 18.7 Å². The minimum absolute atomic E-state index is 0.0461. The number of benzene rings is 1. The van der Waals surface area contributed by atoms with Gasteiger partial charge in [0.25, 0.3) is 0 Å². The second kappa shape index (κ2) is 8.31. The summed E-state index contributed by atoms with van der Waals surface area (Å²) in [5, 5.41) is 5.60. The molecule has 6 nitrogen and oxygen atoms in total. The molecular formula is C19H23N3O3S. The predicted molar refractivity (Wildman–Crippen MR) is 101 cm³/mol. The predicted octanol–water partition coefficient (Wildman–Crippen LogP) is 2.49. The summed E-state index contributed by atoms with van der Waals surface area (Å²) in [6.07, 6.45) is 0.837. The fraction of sp³-hybridized carbons (Fsp3) is 0.421. The first-order valence-electron chi connectivity index (χ1n) is 8.87. The maximum absolute atomic E-state index is 12.6. The van der Waals surface area contributed by atoms with Crippen molar-refractivity contribution < 1.29 is 14.3 Å². The Morgan fingerprint density at radius 1 is 1.35 bits per heavy atom.